The quantitative estimate of drug-likeness (QED) is 0.541. The van der Waals surface area contributed by atoms with Gasteiger partial charge < -0.3 is 28.6 Å². The lowest BCUT2D eigenvalue weighted by molar-refractivity contribution is -0.689. The molecule has 0 unspecified atom stereocenters. The first-order valence-corrected chi connectivity index (χ1v) is 7.49. The second-order valence-electron chi connectivity index (χ2n) is 4.76. The van der Waals surface area contributed by atoms with Gasteiger partial charge in [0.25, 0.3) is 0 Å². The summed E-state index contributed by atoms with van der Waals surface area (Å²) in [6.07, 6.45) is 0.665. The van der Waals surface area contributed by atoms with Crippen LogP contribution in [-0.2, 0) is 17.8 Å². The second-order valence-corrected chi connectivity index (χ2v) is 5.69. The third kappa shape index (κ3) is 4.40. The van der Waals surface area contributed by atoms with Crippen molar-refractivity contribution in [3.8, 4) is 0 Å². The van der Waals surface area contributed by atoms with Gasteiger partial charge in [-0.25, -0.2) is 4.98 Å². The standard InChI is InChI=1S/C14H18N4O2S.ClH/c1-9-12(5-6-19)21-8-18(9)7-11-3-4-13(16-10(2)20)17-14(11)15;/h3-4,8,19H,5-7H2,1-2H3,(H2-,15,16,17,20);1H. The lowest BCUT2D eigenvalue weighted by Crippen LogP contribution is -3.00. The number of aliphatic hydroxyl groups excluding tert-OH is 1. The number of hydrogen-bond acceptors (Lipinski definition) is 5. The molecule has 0 aromatic carbocycles. The molecule has 2 aromatic heterocycles. The molecule has 0 aliphatic carbocycles. The Morgan fingerprint density at radius 1 is 1.50 bits per heavy atom. The zero-order valence-corrected chi connectivity index (χ0v) is 14.0. The highest BCUT2D eigenvalue weighted by molar-refractivity contribution is 7.09. The van der Waals surface area contributed by atoms with Crippen LogP contribution < -0.4 is 28.0 Å². The number of amides is 1. The van der Waals surface area contributed by atoms with Crippen molar-refractivity contribution < 1.29 is 26.9 Å². The monoisotopic (exact) mass is 342 g/mol. The van der Waals surface area contributed by atoms with Gasteiger partial charge in [-0.3, -0.25) is 4.79 Å². The van der Waals surface area contributed by atoms with Crippen LogP contribution >= 0.6 is 11.3 Å². The smallest absolute Gasteiger partial charge is 0.225 e. The molecule has 4 N–H and O–H groups in total. The molecule has 0 radical (unpaired) electrons. The fourth-order valence-electron chi connectivity index (χ4n) is 2.02. The molecule has 22 heavy (non-hydrogen) atoms. The minimum Gasteiger partial charge on any atom is -1.00 e. The molecule has 0 aliphatic heterocycles. The number of halogens is 1. The molecule has 8 heteroatoms. The van der Waals surface area contributed by atoms with E-state index in [0.29, 0.717) is 24.6 Å². The molecular formula is C14H19ClN4O2S. The Kier molecular flexibility index (Phi) is 6.73. The van der Waals surface area contributed by atoms with E-state index >= 15 is 0 Å². The molecule has 0 fully saturated rings. The summed E-state index contributed by atoms with van der Waals surface area (Å²) in [6.45, 7) is 4.22. The minimum absolute atomic E-state index is 0. The molecule has 0 saturated carbocycles. The summed E-state index contributed by atoms with van der Waals surface area (Å²) in [5.74, 6) is 0.686. The number of hydrogen-bond donors (Lipinski definition) is 3. The molecule has 0 spiro atoms. The maximum atomic E-state index is 11.0. The zero-order chi connectivity index (χ0) is 15.4. The molecule has 2 rings (SSSR count). The van der Waals surface area contributed by atoms with E-state index in [4.69, 9.17) is 10.8 Å². The van der Waals surface area contributed by atoms with E-state index in [0.717, 1.165) is 11.3 Å². The SMILES string of the molecule is CC(=O)Nc1ccc(C[n+]2csc(CCO)c2C)c(N)n1.[Cl-]. The first-order chi connectivity index (χ1) is 10.0. The van der Waals surface area contributed by atoms with Gasteiger partial charge in [0.15, 0.2) is 12.2 Å². The summed E-state index contributed by atoms with van der Waals surface area (Å²) in [5.41, 5.74) is 9.98. The lowest BCUT2D eigenvalue weighted by Gasteiger charge is -2.05. The fraction of sp³-hybridized carbons (Fsp3) is 0.357. The van der Waals surface area contributed by atoms with Crippen LogP contribution in [-0.4, -0.2) is 22.6 Å². The number of nitrogens with zero attached hydrogens (tertiary/aromatic N) is 2. The molecular weight excluding hydrogens is 324 g/mol. The average molecular weight is 343 g/mol. The Balaban J connectivity index is 0.00000242. The van der Waals surface area contributed by atoms with Crippen LogP contribution in [0.15, 0.2) is 17.6 Å². The number of carbonyl (C=O) groups excluding carboxylic acids is 1. The topological polar surface area (TPSA) is 92.1 Å². The van der Waals surface area contributed by atoms with E-state index in [1.165, 1.54) is 11.8 Å². The number of nitrogens with one attached hydrogen (secondary N) is 1. The number of pyridine rings is 1. The molecule has 120 valence electrons. The van der Waals surface area contributed by atoms with Crippen molar-refractivity contribution in [2.45, 2.75) is 26.8 Å². The first-order valence-electron chi connectivity index (χ1n) is 6.61. The van der Waals surface area contributed by atoms with E-state index in [9.17, 15) is 4.79 Å². The van der Waals surface area contributed by atoms with Gasteiger partial charge in [-0.2, -0.15) is 4.57 Å². The summed E-state index contributed by atoms with van der Waals surface area (Å²) < 4.78 is 2.08. The van der Waals surface area contributed by atoms with Crippen molar-refractivity contribution >= 4 is 28.9 Å². The Morgan fingerprint density at radius 3 is 2.82 bits per heavy atom. The summed E-state index contributed by atoms with van der Waals surface area (Å²) in [5, 5.41) is 11.6. The van der Waals surface area contributed by atoms with E-state index in [1.807, 2.05) is 18.5 Å². The van der Waals surface area contributed by atoms with Crippen LogP contribution in [0, 0.1) is 6.92 Å². The highest BCUT2D eigenvalue weighted by atomic mass is 35.5. The van der Waals surface area contributed by atoms with Gasteiger partial charge in [-0.05, 0) is 12.1 Å². The van der Waals surface area contributed by atoms with Crippen LogP contribution in [0.25, 0.3) is 0 Å². The summed E-state index contributed by atoms with van der Waals surface area (Å²) in [7, 11) is 0. The highest BCUT2D eigenvalue weighted by Crippen LogP contribution is 2.16. The second kappa shape index (κ2) is 8.07. The molecule has 0 atom stereocenters. The third-order valence-corrected chi connectivity index (χ3v) is 4.30. The predicted molar refractivity (Wildman–Crippen MR) is 82.1 cm³/mol. The Bertz CT molecular complexity index is 660. The van der Waals surface area contributed by atoms with Crippen LogP contribution in [0.2, 0.25) is 0 Å². The van der Waals surface area contributed by atoms with Crippen molar-refractivity contribution in [2.75, 3.05) is 17.7 Å². The fourth-order valence-corrected chi connectivity index (χ4v) is 3.00. The van der Waals surface area contributed by atoms with Crippen LogP contribution in [0.5, 0.6) is 0 Å². The molecule has 1 amide bonds. The minimum atomic E-state index is -0.175. The molecule has 2 aromatic rings. The van der Waals surface area contributed by atoms with Crippen LogP contribution in [0.1, 0.15) is 23.1 Å². The van der Waals surface area contributed by atoms with Crippen LogP contribution in [0.3, 0.4) is 0 Å². The summed E-state index contributed by atoms with van der Waals surface area (Å²) in [6, 6.07) is 3.60. The maximum Gasteiger partial charge on any atom is 0.225 e. The van der Waals surface area contributed by atoms with E-state index in [2.05, 4.69) is 14.9 Å². The number of anilines is 2. The Labute approximate surface area is 139 Å². The number of nitrogens with two attached hydrogens (primary N) is 1. The Hall–Kier alpha value is -1.70. The van der Waals surface area contributed by atoms with Gasteiger partial charge in [0, 0.05) is 26.9 Å². The number of thiazole rings is 1. The number of rotatable bonds is 5. The number of aromatic nitrogens is 2. The van der Waals surface area contributed by atoms with Crippen molar-refractivity contribution in [1.82, 2.24) is 4.98 Å². The van der Waals surface area contributed by atoms with E-state index < -0.39 is 0 Å². The van der Waals surface area contributed by atoms with Gasteiger partial charge in [0.2, 0.25) is 11.4 Å². The average Bonchev–Trinajstić information content (AvgIpc) is 2.74. The summed E-state index contributed by atoms with van der Waals surface area (Å²) >= 11 is 1.62. The van der Waals surface area contributed by atoms with Gasteiger partial charge in [-0.15, -0.1) is 0 Å². The Morgan fingerprint density at radius 2 is 2.23 bits per heavy atom. The van der Waals surface area contributed by atoms with E-state index in [-0.39, 0.29) is 24.9 Å². The van der Waals surface area contributed by atoms with Gasteiger partial charge in [0.1, 0.15) is 11.6 Å². The van der Waals surface area contributed by atoms with Crippen molar-refractivity contribution in [3.05, 3.63) is 33.8 Å². The molecule has 2 heterocycles. The summed E-state index contributed by atoms with van der Waals surface area (Å²) in [4.78, 5) is 16.3. The third-order valence-electron chi connectivity index (χ3n) is 3.15. The van der Waals surface area contributed by atoms with Crippen molar-refractivity contribution in [3.63, 3.8) is 0 Å². The molecule has 0 saturated heterocycles. The largest absolute Gasteiger partial charge is 1.00 e. The number of carbonyl (C=O) groups is 1. The highest BCUT2D eigenvalue weighted by Gasteiger charge is 2.17. The molecule has 6 nitrogen and oxygen atoms in total. The number of nitrogen functional groups attached to an aromatic ring is 1. The van der Waals surface area contributed by atoms with E-state index in [1.54, 1.807) is 17.4 Å². The number of aliphatic hydroxyl groups is 1. The van der Waals surface area contributed by atoms with Crippen molar-refractivity contribution in [2.24, 2.45) is 0 Å². The maximum absolute atomic E-state index is 11.0. The molecule has 0 bridgehead atoms. The van der Waals surface area contributed by atoms with Crippen molar-refractivity contribution in [1.29, 1.82) is 0 Å². The van der Waals surface area contributed by atoms with Gasteiger partial charge in [0.05, 0.1) is 10.4 Å². The molecule has 0 aliphatic rings. The zero-order valence-electron chi connectivity index (χ0n) is 12.5. The predicted octanol–water partition coefficient (Wildman–Crippen LogP) is -2.13. The normalized spacial score (nSPS) is 10.1. The van der Waals surface area contributed by atoms with Crippen LogP contribution in [0.4, 0.5) is 11.6 Å². The van der Waals surface area contributed by atoms with Gasteiger partial charge >= 0.3 is 0 Å². The van der Waals surface area contributed by atoms with Gasteiger partial charge in [-0.1, -0.05) is 11.3 Å². The first kappa shape index (κ1) is 18.3. The lowest BCUT2D eigenvalue weighted by atomic mass is 10.2.